The Bertz CT molecular complexity index is 1560. The number of hydrazone groups is 1. The van der Waals surface area contributed by atoms with Crippen LogP contribution in [0, 0.1) is 0 Å². The van der Waals surface area contributed by atoms with Gasteiger partial charge in [0.15, 0.2) is 17.2 Å². The smallest absolute Gasteiger partial charge is 0.339 e. The summed E-state index contributed by atoms with van der Waals surface area (Å²) in [6, 6.07) is 26.6. The predicted octanol–water partition coefficient (Wildman–Crippen LogP) is 5.85. The van der Waals surface area contributed by atoms with Crippen LogP contribution in [0.3, 0.4) is 0 Å². The third-order valence-electron chi connectivity index (χ3n) is 5.32. The van der Waals surface area contributed by atoms with E-state index in [0.29, 0.717) is 29.7 Å². The first-order chi connectivity index (χ1) is 18.9. The lowest BCUT2D eigenvalue weighted by atomic mass is 10.2. The Morgan fingerprint density at radius 3 is 2.28 bits per heavy atom. The van der Waals surface area contributed by atoms with Gasteiger partial charge in [-0.15, -0.1) is 0 Å². The van der Waals surface area contributed by atoms with Crippen molar-refractivity contribution in [3.8, 4) is 17.2 Å². The summed E-state index contributed by atoms with van der Waals surface area (Å²) in [4.78, 5) is 12.8. The molecule has 0 spiro atoms. The predicted molar refractivity (Wildman–Crippen MR) is 149 cm³/mol. The highest BCUT2D eigenvalue weighted by molar-refractivity contribution is 7.87. The van der Waals surface area contributed by atoms with Crippen molar-refractivity contribution in [3.05, 3.63) is 119 Å². The van der Waals surface area contributed by atoms with Gasteiger partial charge in [0.1, 0.15) is 11.5 Å². The number of carbonyl (C=O) groups excluding carboxylic acids is 1. The molecule has 0 fully saturated rings. The quantitative estimate of drug-likeness (QED) is 0.139. The fourth-order valence-electron chi connectivity index (χ4n) is 3.45. The summed E-state index contributed by atoms with van der Waals surface area (Å²) in [5.74, 6) is 0.408. The van der Waals surface area contributed by atoms with Crippen molar-refractivity contribution in [3.63, 3.8) is 0 Å². The molecule has 0 saturated carbocycles. The molecule has 0 radical (unpaired) electrons. The van der Waals surface area contributed by atoms with E-state index in [0.717, 1.165) is 5.56 Å². The first kappa shape index (κ1) is 27.7. The van der Waals surface area contributed by atoms with Gasteiger partial charge >= 0.3 is 10.1 Å². The molecule has 8 nitrogen and oxygen atoms in total. The molecule has 4 aromatic rings. The first-order valence-corrected chi connectivity index (χ1v) is 13.7. The molecule has 39 heavy (non-hydrogen) atoms. The van der Waals surface area contributed by atoms with E-state index < -0.39 is 16.0 Å². The van der Waals surface area contributed by atoms with Gasteiger partial charge in [0.2, 0.25) is 0 Å². The molecule has 4 aromatic carbocycles. The number of carbonyl (C=O) groups is 1. The number of amides is 1. The second-order valence-electron chi connectivity index (χ2n) is 8.10. The van der Waals surface area contributed by atoms with Gasteiger partial charge in [-0.3, -0.25) is 4.79 Å². The second kappa shape index (κ2) is 12.9. The van der Waals surface area contributed by atoms with Crippen LogP contribution in [0.1, 0.15) is 28.4 Å². The van der Waals surface area contributed by atoms with Crippen LogP contribution in [-0.4, -0.2) is 27.1 Å². The van der Waals surface area contributed by atoms with E-state index in [9.17, 15) is 13.2 Å². The molecule has 0 aliphatic rings. The number of halogens is 1. The zero-order valence-corrected chi connectivity index (χ0v) is 22.5. The summed E-state index contributed by atoms with van der Waals surface area (Å²) in [7, 11) is -4.09. The van der Waals surface area contributed by atoms with Gasteiger partial charge in [0, 0.05) is 16.1 Å². The fourth-order valence-corrected chi connectivity index (χ4v) is 4.60. The highest BCUT2D eigenvalue weighted by Gasteiger charge is 2.18. The van der Waals surface area contributed by atoms with Crippen LogP contribution in [0.2, 0.25) is 5.02 Å². The zero-order chi connectivity index (χ0) is 27.7. The lowest BCUT2D eigenvalue weighted by Gasteiger charge is -2.13. The van der Waals surface area contributed by atoms with Crippen LogP contribution in [-0.2, 0) is 16.7 Å². The van der Waals surface area contributed by atoms with Crippen molar-refractivity contribution >= 4 is 33.8 Å². The van der Waals surface area contributed by atoms with Gasteiger partial charge < -0.3 is 13.7 Å². The molecule has 0 bridgehead atoms. The molecule has 0 aliphatic carbocycles. The average Bonchev–Trinajstić information content (AvgIpc) is 2.95. The lowest BCUT2D eigenvalue weighted by molar-refractivity contribution is 0.0954. The van der Waals surface area contributed by atoms with Crippen LogP contribution < -0.4 is 19.1 Å². The number of nitrogens with zero attached hydrogens (tertiary/aromatic N) is 1. The summed E-state index contributed by atoms with van der Waals surface area (Å²) < 4.78 is 42.2. The van der Waals surface area contributed by atoms with E-state index in [4.69, 9.17) is 25.3 Å². The van der Waals surface area contributed by atoms with E-state index in [1.165, 1.54) is 36.5 Å². The molecule has 0 atom stereocenters. The standard InChI is InChI=1S/C29H25ClN2O6S/c1-2-36-28-18-22(13-15-27(28)37-20-21-9-5-3-6-10-21)29(33)32-31-19-23-17-24(30)14-16-26(23)38-39(34,35)25-11-7-4-8-12-25/h3-19H,2,20H2,1H3,(H,32,33)/b31-19+. The van der Waals surface area contributed by atoms with E-state index >= 15 is 0 Å². The second-order valence-corrected chi connectivity index (χ2v) is 10.1. The van der Waals surface area contributed by atoms with Crippen molar-refractivity contribution < 1.29 is 26.9 Å². The number of nitrogens with one attached hydrogen (secondary N) is 1. The van der Waals surface area contributed by atoms with Crippen molar-refractivity contribution in [1.29, 1.82) is 0 Å². The Hall–Kier alpha value is -4.34. The SMILES string of the molecule is CCOc1cc(C(=O)N/N=C/c2cc(Cl)ccc2OS(=O)(=O)c2ccccc2)ccc1OCc1ccccc1. The molecule has 1 amide bonds. The number of rotatable bonds is 11. The van der Waals surface area contributed by atoms with E-state index in [-0.39, 0.29) is 21.8 Å². The molecule has 4 rings (SSSR count). The fraction of sp³-hybridized carbons (Fsp3) is 0.103. The number of hydrogen-bond donors (Lipinski definition) is 1. The summed E-state index contributed by atoms with van der Waals surface area (Å²) in [5, 5.41) is 4.30. The normalized spacial score (nSPS) is 11.2. The van der Waals surface area contributed by atoms with Crippen LogP contribution in [0.4, 0.5) is 0 Å². The van der Waals surface area contributed by atoms with E-state index in [2.05, 4.69) is 10.5 Å². The molecular weight excluding hydrogens is 540 g/mol. The summed E-state index contributed by atoms with van der Waals surface area (Å²) in [6.07, 6.45) is 1.25. The maximum Gasteiger partial charge on any atom is 0.339 e. The molecule has 0 unspecified atom stereocenters. The largest absolute Gasteiger partial charge is 0.490 e. The van der Waals surface area contributed by atoms with Crippen LogP contribution in [0.15, 0.2) is 107 Å². The van der Waals surface area contributed by atoms with E-state index in [1.54, 1.807) is 36.4 Å². The Balaban J connectivity index is 1.47. The molecule has 0 saturated heterocycles. The minimum Gasteiger partial charge on any atom is -0.490 e. The number of ether oxygens (including phenoxy) is 2. The molecule has 0 aromatic heterocycles. The van der Waals surface area contributed by atoms with Crippen molar-refractivity contribution in [2.45, 2.75) is 18.4 Å². The minimum absolute atomic E-state index is 0.000183. The number of hydrogen-bond acceptors (Lipinski definition) is 7. The van der Waals surface area contributed by atoms with Crippen LogP contribution in [0.5, 0.6) is 17.2 Å². The van der Waals surface area contributed by atoms with E-state index in [1.807, 2.05) is 37.3 Å². The lowest BCUT2D eigenvalue weighted by Crippen LogP contribution is -2.18. The molecule has 1 N–H and O–H groups in total. The van der Waals surface area contributed by atoms with Crippen molar-refractivity contribution in [2.75, 3.05) is 6.61 Å². The summed E-state index contributed by atoms with van der Waals surface area (Å²) in [5.41, 5.74) is 3.96. The third kappa shape index (κ3) is 7.59. The highest BCUT2D eigenvalue weighted by Crippen LogP contribution is 2.29. The number of benzene rings is 4. The van der Waals surface area contributed by atoms with Gasteiger partial charge in [0.25, 0.3) is 5.91 Å². The van der Waals surface area contributed by atoms with Crippen molar-refractivity contribution in [2.24, 2.45) is 5.10 Å². The molecule has 0 aliphatic heterocycles. The van der Waals surface area contributed by atoms with Gasteiger partial charge in [-0.25, -0.2) is 5.43 Å². The summed E-state index contributed by atoms with van der Waals surface area (Å²) in [6.45, 7) is 2.57. The maximum absolute atomic E-state index is 12.8. The average molecular weight is 565 g/mol. The van der Waals surface area contributed by atoms with Crippen LogP contribution in [0.25, 0.3) is 0 Å². The van der Waals surface area contributed by atoms with Gasteiger partial charge in [0.05, 0.1) is 12.8 Å². The molecule has 10 heteroatoms. The Labute approximate surface area is 231 Å². The van der Waals surface area contributed by atoms with Gasteiger partial charge in [-0.2, -0.15) is 13.5 Å². The Kier molecular flexibility index (Phi) is 9.19. The topological polar surface area (TPSA) is 103 Å². The summed E-state index contributed by atoms with van der Waals surface area (Å²) >= 11 is 6.09. The molecular formula is C29H25ClN2O6S. The third-order valence-corrected chi connectivity index (χ3v) is 6.80. The first-order valence-electron chi connectivity index (χ1n) is 11.9. The van der Waals surface area contributed by atoms with Crippen LogP contribution >= 0.6 is 11.6 Å². The zero-order valence-electron chi connectivity index (χ0n) is 20.9. The Morgan fingerprint density at radius 1 is 0.872 bits per heavy atom. The van der Waals surface area contributed by atoms with Crippen molar-refractivity contribution in [1.82, 2.24) is 5.43 Å². The molecule has 0 heterocycles. The highest BCUT2D eigenvalue weighted by atomic mass is 35.5. The Morgan fingerprint density at radius 2 is 1.56 bits per heavy atom. The van der Waals surface area contributed by atoms with Gasteiger partial charge in [-0.05, 0) is 61.0 Å². The van der Waals surface area contributed by atoms with Gasteiger partial charge in [-0.1, -0.05) is 60.1 Å². The minimum atomic E-state index is -4.09. The maximum atomic E-state index is 12.8. The molecule has 200 valence electrons. The monoisotopic (exact) mass is 564 g/mol.